The van der Waals surface area contributed by atoms with Crippen molar-refractivity contribution in [2.75, 3.05) is 51.3 Å². The van der Waals surface area contributed by atoms with Crippen LogP contribution in [0, 0.1) is 0 Å². The zero-order chi connectivity index (χ0) is 22.9. The highest BCUT2D eigenvalue weighted by molar-refractivity contribution is 6.36. The summed E-state index contributed by atoms with van der Waals surface area (Å²) in [4.78, 5) is 8.90. The van der Waals surface area contributed by atoms with Crippen molar-refractivity contribution < 1.29 is 4.39 Å². The fraction of sp³-hybridized carbons (Fsp3) is 0.346. The van der Waals surface area contributed by atoms with E-state index in [1.54, 1.807) is 6.08 Å². The summed E-state index contributed by atoms with van der Waals surface area (Å²) in [5.74, 6) is 0. The minimum Gasteiger partial charge on any atom is -0.370 e. The van der Waals surface area contributed by atoms with Crippen LogP contribution in [0.5, 0.6) is 0 Å². The molecule has 0 atom stereocenters. The Bertz CT molecular complexity index is 1010. The van der Waals surface area contributed by atoms with E-state index < -0.39 is 6.67 Å². The standard InChI is InChI=1S/C26H32ClFN4/c1-20(7-6-14-28)31(18-15-29-2)16-12-21-13-17-32(19-24(21)30-3)25-11-5-9-22-8-4-10-23(27)26(22)25/h4-11,29H,1,3,12-19H2,2H3/b7-6+. The fourth-order valence-electron chi connectivity index (χ4n) is 4.16. The molecule has 0 saturated carbocycles. The van der Waals surface area contributed by atoms with Crippen LogP contribution in [0.2, 0.25) is 5.02 Å². The molecule has 170 valence electrons. The van der Waals surface area contributed by atoms with Crippen molar-refractivity contribution in [3.8, 4) is 0 Å². The first-order chi connectivity index (χ1) is 15.6. The summed E-state index contributed by atoms with van der Waals surface area (Å²) in [6.45, 7) is 11.5. The predicted octanol–water partition coefficient (Wildman–Crippen LogP) is 5.61. The van der Waals surface area contributed by atoms with Crippen LogP contribution in [0.1, 0.15) is 12.8 Å². The second-order valence-corrected chi connectivity index (χ2v) is 8.29. The monoisotopic (exact) mass is 454 g/mol. The van der Waals surface area contributed by atoms with Gasteiger partial charge in [0.05, 0.1) is 17.3 Å². The van der Waals surface area contributed by atoms with Gasteiger partial charge in [-0.05, 0) is 55.8 Å². The van der Waals surface area contributed by atoms with Gasteiger partial charge in [-0.15, -0.1) is 0 Å². The number of alkyl halides is 1. The molecule has 6 heteroatoms. The van der Waals surface area contributed by atoms with E-state index in [1.807, 2.05) is 19.2 Å². The Balaban J connectivity index is 1.76. The Labute approximate surface area is 195 Å². The molecule has 2 aromatic rings. The molecule has 0 fully saturated rings. The summed E-state index contributed by atoms with van der Waals surface area (Å²) in [5.41, 5.74) is 4.31. The molecular weight excluding hydrogens is 423 g/mol. The topological polar surface area (TPSA) is 30.9 Å². The second kappa shape index (κ2) is 11.8. The highest BCUT2D eigenvalue weighted by Crippen LogP contribution is 2.35. The molecule has 0 unspecified atom stereocenters. The minimum atomic E-state index is -0.484. The third kappa shape index (κ3) is 5.78. The van der Waals surface area contributed by atoms with E-state index in [2.05, 4.69) is 57.7 Å². The first kappa shape index (κ1) is 24.0. The molecule has 3 rings (SSSR count). The van der Waals surface area contributed by atoms with Gasteiger partial charge in [0.15, 0.2) is 0 Å². The average molecular weight is 455 g/mol. The van der Waals surface area contributed by atoms with E-state index in [-0.39, 0.29) is 0 Å². The Morgan fingerprint density at radius 2 is 2.06 bits per heavy atom. The van der Waals surface area contributed by atoms with Crippen LogP contribution in [0.4, 0.5) is 10.1 Å². The maximum atomic E-state index is 12.5. The number of likely N-dealkylation sites (N-methyl/N-ethyl adjacent to an activating group) is 1. The van der Waals surface area contributed by atoms with Crippen molar-refractivity contribution in [3.05, 3.63) is 77.1 Å². The van der Waals surface area contributed by atoms with E-state index in [0.29, 0.717) is 6.54 Å². The zero-order valence-electron chi connectivity index (χ0n) is 18.8. The lowest BCUT2D eigenvalue weighted by atomic mass is 9.99. The molecule has 1 aliphatic heterocycles. The van der Waals surface area contributed by atoms with E-state index in [0.717, 1.165) is 71.9 Å². The number of nitrogens with one attached hydrogen (secondary N) is 1. The largest absolute Gasteiger partial charge is 0.370 e. The molecule has 0 radical (unpaired) electrons. The number of benzene rings is 2. The fourth-order valence-corrected chi connectivity index (χ4v) is 4.44. The van der Waals surface area contributed by atoms with Crippen molar-refractivity contribution in [1.29, 1.82) is 0 Å². The van der Waals surface area contributed by atoms with Crippen LogP contribution in [-0.4, -0.2) is 58.1 Å². The quantitative estimate of drug-likeness (QED) is 0.353. The first-order valence-corrected chi connectivity index (χ1v) is 11.4. The van der Waals surface area contributed by atoms with Gasteiger partial charge < -0.3 is 15.1 Å². The predicted molar refractivity (Wildman–Crippen MR) is 137 cm³/mol. The van der Waals surface area contributed by atoms with Crippen LogP contribution in [-0.2, 0) is 0 Å². The highest BCUT2D eigenvalue weighted by atomic mass is 35.5. The maximum absolute atomic E-state index is 12.5. The van der Waals surface area contributed by atoms with Crippen LogP contribution in [0.15, 0.2) is 77.1 Å². The summed E-state index contributed by atoms with van der Waals surface area (Å²) in [7, 11) is 1.93. The number of rotatable bonds is 11. The Morgan fingerprint density at radius 1 is 1.28 bits per heavy atom. The van der Waals surface area contributed by atoms with Gasteiger partial charge in [0.1, 0.15) is 6.67 Å². The van der Waals surface area contributed by atoms with Crippen LogP contribution >= 0.6 is 11.6 Å². The molecule has 0 spiro atoms. The summed E-state index contributed by atoms with van der Waals surface area (Å²) in [6.07, 6.45) is 5.05. The van der Waals surface area contributed by atoms with Gasteiger partial charge >= 0.3 is 0 Å². The van der Waals surface area contributed by atoms with Crippen LogP contribution in [0.3, 0.4) is 0 Å². The lowest BCUT2D eigenvalue weighted by molar-refractivity contribution is 0.357. The van der Waals surface area contributed by atoms with Gasteiger partial charge in [0.25, 0.3) is 0 Å². The van der Waals surface area contributed by atoms with Crippen LogP contribution < -0.4 is 10.2 Å². The smallest absolute Gasteiger partial charge is 0.108 e. The Morgan fingerprint density at radius 3 is 2.78 bits per heavy atom. The number of hydrogen-bond donors (Lipinski definition) is 1. The normalized spacial score (nSPS) is 14.4. The molecule has 4 nitrogen and oxygen atoms in total. The third-order valence-corrected chi connectivity index (χ3v) is 6.23. The molecule has 0 saturated heterocycles. The number of halogens is 2. The molecule has 0 amide bonds. The maximum Gasteiger partial charge on any atom is 0.108 e. The molecule has 1 heterocycles. The van der Waals surface area contributed by atoms with Gasteiger partial charge in [-0.3, -0.25) is 4.99 Å². The van der Waals surface area contributed by atoms with Gasteiger partial charge in [0.2, 0.25) is 0 Å². The average Bonchev–Trinajstić information content (AvgIpc) is 2.82. The van der Waals surface area contributed by atoms with Crippen molar-refractivity contribution in [3.63, 3.8) is 0 Å². The summed E-state index contributed by atoms with van der Waals surface area (Å²) in [5, 5.41) is 6.15. The minimum absolute atomic E-state index is 0.484. The van der Waals surface area contributed by atoms with Gasteiger partial charge in [-0.25, -0.2) is 4.39 Å². The lowest BCUT2D eigenvalue weighted by Gasteiger charge is -2.33. The van der Waals surface area contributed by atoms with E-state index in [1.165, 1.54) is 11.6 Å². The molecule has 1 N–H and O–H groups in total. The molecule has 0 bridgehead atoms. The molecule has 0 aliphatic carbocycles. The van der Waals surface area contributed by atoms with Gasteiger partial charge in [0, 0.05) is 42.9 Å². The number of allylic oxidation sites excluding steroid dienone is 2. The summed E-state index contributed by atoms with van der Waals surface area (Å²) in [6, 6.07) is 12.3. The van der Waals surface area contributed by atoms with Gasteiger partial charge in [-0.2, -0.15) is 0 Å². The van der Waals surface area contributed by atoms with E-state index >= 15 is 0 Å². The summed E-state index contributed by atoms with van der Waals surface area (Å²) < 4.78 is 12.5. The lowest BCUT2D eigenvalue weighted by Crippen LogP contribution is -2.34. The SMILES string of the molecule is C=NC1=C(CCN(CCNC)C(=C)/C=C/CF)CCN(c2cccc3cccc(Cl)c23)C1. The van der Waals surface area contributed by atoms with Crippen molar-refractivity contribution in [1.82, 2.24) is 10.2 Å². The molecular formula is C26H32ClFN4. The van der Waals surface area contributed by atoms with Gasteiger partial charge in [-0.1, -0.05) is 48.5 Å². The van der Waals surface area contributed by atoms with Crippen LogP contribution in [0.25, 0.3) is 10.8 Å². The zero-order valence-corrected chi connectivity index (χ0v) is 19.5. The number of anilines is 1. The number of nitrogens with zero attached hydrogens (tertiary/aromatic N) is 3. The molecule has 32 heavy (non-hydrogen) atoms. The van der Waals surface area contributed by atoms with Crippen molar-refractivity contribution in [2.24, 2.45) is 4.99 Å². The molecule has 1 aliphatic rings. The number of aliphatic imine (C=N–C) groups is 1. The van der Waals surface area contributed by atoms with E-state index in [4.69, 9.17) is 11.6 Å². The highest BCUT2D eigenvalue weighted by Gasteiger charge is 2.21. The summed E-state index contributed by atoms with van der Waals surface area (Å²) >= 11 is 6.55. The first-order valence-electron chi connectivity index (χ1n) is 11.0. The Hall–Kier alpha value is -2.63. The Kier molecular flexibility index (Phi) is 8.89. The second-order valence-electron chi connectivity index (χ2n) is 7.88. The molecule has 2 aromatic carbocycles. The number of hydrogen-bond acceptors (Lipinski definition) is 4. The van der Waals surface area contributed by atoms with Crippen molar-refractivity contribution >= 4 is 34.8 Å². The van der Waals surface area contributed by atoms with Crippen molar-refractivity contribution in [2.45, 2.75) is 12.8 Å². The third-order valence-electron chi connectivity index (χ3n) is 5.92. The molecule has 0 aromatic heterocycles. The number of fused-ring (bicyclic) bond motifs is 1. The van der Waals surface area contributed by atoms with E-state index in [9.17, 15) is 4.39 Å².